The second kappa shape index (κ2) is 5.77. The monoisotopic (exact) mass is 297 g/mol. The standard InChI is InChI=1S/C22H19N/c1-16(17-10-4-2-5-11-17)21-19-14-8-9-15-20(19)23-22(21)18-12-6-3-7-13-18/h2-16,23H,1H3. The summed E-state index contributed by atoms with van der Waals surface area (Å²) in [5.41, 5.74) is 6.38. The van der Waals surface area contributed by atoms with Crippen LogP contribution in [-0.4, -0.2) is 4.98 Å². The summed E-state index contributed by atoms with van der Waals surface area (Å²) in [5, 5.41) is 1.31. The largest absolute Gasteiger partial charge is 0.354 e. The van der Waals surface area contributed by atoms with Crippen LogP contribution in [0, 0.1) is 0 Å². The zero-order chi connectivity index (χ0) is 15.6. The summed E-state index contributed by atoms with van der Waals surface area (Å²) in [5.74, 6) is 0.336. The van der Waals surface area contributed by atoms with Crippen LogP contribution in [0.1, 0.15) is 24.0 Å². The van der Waals surface area contributed by atoms with Crippen molar-refractivity contribution in [1.29, 1.82) is 0 Å². The van der Waals surface area contributed by atoms with Gasteiger partial charge >= 0.3 is 0 Å². The fourth-order valence-electron chi connectivity index (χ4n) is 3.35. The molecule has 1 nitrogen and oxygen atoms in total. The lowest BCUT2D eigenvalue weighted by Gasteiger charge is -2.14. The van der Waals surface area contributed by atoms with E-state index in [1.165, 1.54) is 33.3 Å². The molecule has 1 atom stereocenters. The topological polar surface area (TPSA) is 15.8 Å². The van der Waals surface area contributed by atoms with E-state index in [1.54, 1.807) is 0 Å². The molecule has 0 saturated heterocycles. The maximum absolute atomic E-state index is 3.63. The number of hydrogen-bond acceptors (Lipinski definition) is 0. The Balaban J connectivity index is 1.97. The number of fused-ring (bicyclic) bond motifs is 1. The molecule has 0 radical (unpaired) electrons. The van der Waals surface area contributed by atoms with Crippen molar-refractivity contribution in [2.24, 2.45) is 0 Å². The summed E-state index contributed by atoms with van der Waals surface area (Å²) in [6, 6.07) is 29.9. The summed E-state index contributed by atoms with van der Waals surface area (Å²) in [7, 11) is 0. The molecule has 0 aliphatic rings. The van der Waals surface area contributed by atoms with Crippen molar-refractivity contribution in [2.75, 3.05) is 0 Å². The highest BCUT2D eigenvalue weighted by molar-refractivity contribution is 5.91. The van der Waals surface area contributed by atoms with E-state index in [0.717, 1.165) is 0 Å². The number of para-hydroxylation sites is 1. The molecule has 1 heteroatoms. The lowest BCUT2D eigenvalue weighted by Crippen LogP contribution is -1.97. The van der Waals surface area contributed by atoms with Gasteiger partial charge in [0, 0.05) is 16.8 Å². The van der Waals surface area contributed by atoms with Gasteiger partial charge in [-0.1, -0.05) is 85.8 Å². The van der Waals surface area contributed by atoms with E-state index in [-0.39, 0.29) is 0 Å². The number of rotatable bonds is 3. The van der Waals surface area contributed by atoms with Crippen LogP contribution in [0.25, 0.3) is 22.2 Å². The average Bonchev–Trinajstić information content (AvgIpc) is 3.02. The predicted octanol–water partition coefficient (Wildman–Crippen LogP) is 5.99. The summed E-state index contributed by atoms with van der Waals surface area (Å²) in [4.78, 5) is 3.63. The van der Waals surface area contributed by atoms with Crippen LogP contribution in [-0.2, 0) is 0 Å². The van der Waals surface area contributed by atoms with Crippen LogP contribution in [0.4, 0.5) is 0 Å². The van der Waals surface area contributed by atoms with Crippen LogP contribution in [0.3, 0.4) is 0 Å². The molecular weight excluding hydrogens is 278 g/mol. The summed E-state index contributed by atoms with van der Waals surface area (Å²) in [6.45, 7) is 2.29. The highest BCUT2D eigenvalue weighted by Crippen LogP contribution is 2.38. The van der Waals surface area contributed by atoms with Crippen LogP contribution in [0.15, 0.2) is 84.9 Å². The number of benzene rings is 3. The van der Waals surface area contributed by atoms with Crippen LogP contribution >= 0.6 is 0 Å². The molecule has 0 spiro atoms. The molecule has 0 amide bonds. The molecule has 0 saturated carbocycles. The molecular formula is C22H19N. The van der Waals surface area contributed by atoms with Gasteiger partial charge in [-0.15, -0.1) is 0 Å². The Hall–Kier alpha value is -2.80. The normalized spacial score (nSPS) is 12.4. The third-order valence-corrected chi connectivity index (χ3v) is 4.54. The first-order chi connectivity index (χ1) is 11.3. The van der Waals surface area contributed by atoms with E-state index in [2.05, 4.69) is 96.8 Å². The third-order valence-electron chi connectivity index (χ3n) is 4.54. The summed E-state index contributed by atoms with van der Waals surface area (Å²) < 4.78 is 0. The van der Waals surface area contributed by atoms with Gasteiger partial charge in [0.25, 0.3) is 0 Å². The number of aromatic amines is 1. The molecule has 0 aliphatic carbocycles. The summed E-state index contributed by atoms with van der Waals surface area (Å²) >= 11 is 0. The zero-order valence-corrected chi connectivity index (χ0v) is 13.2. The predicted molar refractivity (Wildman–Crippen MR) is 97.7 cm³/mol. The maximum Gasteiger partial charge on any atom is 0.0503 e. The second-order valence-corrected chi connectivity index (χ2v) is 5.96. The lowest BCUT2D eigenvalue weighted by molar-refractivity contribution is 0.934. The Kier molecular flexibility index (Phi) is 3.47. The minimum Gasteiger partial charge on any atom is -0.354 e. The molecule has 3 aromatic carbocycles. The Bertz CT molecular complexity index is 920. The second-order valence-electron chi connectivity index (χ2n) is 5.96. The van der Waals surface area contributed by atoms with E-state index >= 15 is 0 Å². The van der Waals surface area contributed by atoms with E-state index in [0.29, 0.717) is 5.92 Å². The molecule has 4 aromatic rings. The number of nitrogens with one attached hydrogen (secondary N) is 1. The van der Waals surface area contributed by atoms with E-state index in [1.807, 2.05) is 0 Å². The van der Waals surface area contributed by atoms with Gasteiger partial charge in [-0.2, -0.15) is 0 Å². The van der Waals surface area contributed by atoms with Gasteiger partial charge in [0.1, 0.15) is 0 Å². The molecule has 23 heavy (non-hydrogen) atoms. The van der Waals surface area contributed by atoms with Gasteiger partial charge in [0.2, 0.25) is 0 Å². The Morgan fingerprint density at radius 1 is 0.696 bits per heavy atom. The SMILES string of the molecule is CC(c1ccccc1)c1c(-c2ccccc2)[nH]c2ccccc12. The van der Waals surface area contributed by atoms with Gasteiger partial charge in [-0.25, -0.2) is 0 Å². The van der Waals surface area contributed by atoms with Crippen molar-refractivity contribution in [3.8, 4) is 11.3 Å². The van der Waals surface area contributed by atoms with Crippen LogP contribution < -0.4 is 0 Å². The first kappa shape index (κ1) is 13.8. The molecule has 4 rings (SSSR count). The van der Waals surface area contributed by atoms with E-state index in [4.69, 9.17) is 0 Å². The number of hydrogen-bond donors (Lipinski definition) is 1. The summed E-state index contributed by atoms with van der Waals surface area (Å²) in [6.07, 6.45) is 0. The lowest BCUT2D eigenvalue weighted by atomic mass is 9.89. The fraction of sp³-hybridized carbons (Fsp3) is 0.0909. The van der Waals surface area contributed by atoms with Gasteiger partial charge in [-0.05, 0) is 22.8 Å². The zero-order valence-electron chi connectivity index (χ0n) is 13.2. The molecule has 0 bridgehead atoms. The Labute approximate surface area is 136 Å². The minimum absolute atomic E-state index is 0.336. The van der Waals surface area contributed by atoms with Gasteiger partial charge in [0.15, 0.2) is 0 Å². The fourth-order valence-corrected chi connectivity index (χ4v) is 3.35. The van der Waals surface area contributed by atoms with Gasteiger partial charge in [-0.3, -0.25) is 0 Å². The van der Waals surface area contributed by atoms with Gasteiger partial charge in [0.05, 0.1) is 5.69 Å². The third kappa shape index (κ3) is 2.44. The van der Waals surface area contributed by atoms with Gasteiger partial charge < -0.3 is 4.98 Å². The Morgan fingerprint density at radius 2 is 1.30 bits per heavy atom. The van der Waals surface area contributed by atoms with Crippen molar-refractivity contribution in [3.05, 3.63) is 96.1 Å². The van der Waals surface area contributed by atoms with Crippen molar-refractivity contribution in [3.63, 3.8) is 0 Å². The molecule has 1 N–H and O–H groups in total. The number of H-pyrrole nitrogens is 1. The molecule has 1 unspecified atom stereocenters. The molecule has 0 aliphatic heterocycles. The minimum atomic E-state index is 0.336. The first-order valence-corrected chi connectivity index (χ1v) is 8.05. The van der Waals surface area contributed by atoms with Crippen LogP contribution in [0.2, 0.25) is 0 Å². The average molecular weight is 297 g/mol. The van der Waals surface area contributed by atoms with E-state index in [9.17, 15) is 0 Å². The van der Waals surface area contributed by atoms with E-state index < -0.39 is 0 Å². The van der Waals surface area contributed by atoms with Crippen molar-refractivity contribution >= 4 is 10.9 Å². The highest BCUT2D eigenvalue weighted by Gasteiger charge is 2.19. The molecule has 1 heterocycles. The van der Waals surface area contributed by atoms with Crippen molar-refractivity contribution < 1.29 is 0 Å². The molecule has 112 valence electrons. The maximum atomic E-state index is 3.63. The molecule has 0 fully saturated rings. The molecule has 1 aromatic heterocycles. The Morgan fingerprint density at radius 3 is 2.04 bits per heavy atom. The highest BCUT2D eigenvalue weighted by atomic mass is 14.7. The van der Waals surface area contributed by atoms with Crippen molar-refractivity contribution in [2.45, 2.75) is 12.8 Å². The quantitative estimate of drug-likeness (QED) is 0.478. The number of aromatic nitrogens is 1. The van der Waals surface area contributed by atoms with Crippen molar-refractivity contribution in [1.82, 2.24) is 4.98 Å². The smallest absolute Gasteiger partial charge is 0.0503 e. The first-order valence-electron chi connectivity index (χ1n) is 8.05. The van der Waals surface area contributed by atoms with Crippen LogP contribution in [0.5, 0.6) is 0 Å².